The Kier molecular flexibility index (Phi) is 3.19. The van der Waals surface area contributed by atoms with Gasteiger partial charge in [-0.2, -0.15) is 0 Å². The lowest BCUT2D eigenvalue weighted by Crippen LogP contribution is -2.23. The van der Waals surface area contributed by atoms with Crippen LogP contribution in [0.15, 0.2) is 24.3 Å². The Balaban J connectivity index is 2.94. The minimum absolute atomic E-state index is 0.308. The Morgan fingerprint density at radius 2 is 2.00 bits per heavy atom. The van der Waals surface area contributed by atoms with Gasteiger partial charge >= 0.3 is 5.97 Å². The largest absolute Gasteiger partial charge is 0.479 e. The number of rotatable bonds is 3. The smallest absolute Gasteiger partial charge is 0.341 e. The van der Waals surface area contributed by atoms with Crippen LogP contribution in [0.1, 0.15) is 17.2 Å². The molecule has 2 N–H and O–H groups in total. The highest BCUT2D eigenvalue weighted by Crippen LogP contribution is 2.22. The van der Waals surface area contributed by atoms with Crippen LogP contribution >= 0.6 is 0 Å². The average Bonchev–Trinajstić information content (AvgIpc) is 2.16. The highest BCUT2D eigenvalue weighted by atomic mass is 19.1. The maximum absolute atomic E-state index is 12.9. The molecule has 0 saturated heterocycles. The molecule has 0 spiro atoms. The minimum atomic E-state index is -2.28. The van der Waals surface area contributed by atoms with E-state index < -0.39 is 18.2 Å². The van der Waals surface area contributed by atoms with Crippen molar-refractivity contribution in [2.45, 2.75) is 19.2 Å². The number of hydrogen-bond donors (Lipinski definition) is 2. The summed E-state index contributed by atoms with van der Waals surface area (Å²) in [4.78, 5) is 10.3. The maximum atomic E-state index is 12.9. The number of hydrogen-bond acceptors (Lipinski definition) is 2. The lowest BCUT2D eigenvalue weighted by atomic mass is 10.0. The van der Waals surface area contributed by atoms with Gasteiger partial charge in [-0.1, -0.05) is 24.3 Å². The molecule has 0 fully saturated rings. The van der Waals surface area contributed by atoms with E-state index in [0.717, 1.165) is 0 Å². The van der Waals surface area contributed by atoms with Gasteiger partial charge in [-0.25, -0.2) is 9.18 Å². The molecule has 0 saturated carbocycles. The van der Waals surface area contributed by atoms with Crippen molar-refractivity contribution in [2.75, 3.05) is 0 Å². The SMILES string of the molecule is Cc1ccccc1C(O)C(F)C(=O)O. The Labute approximate surface area is 80.8 Å². The summed E-state index contributed by atoms with van der Waals surface area (Å²) in [7, 11) is 0. The summed E-state index contributed by atoms with van der Waals surface area (Å²) < 4.78 is 12.9. The van der Waals surface area contributed by atoms with Gasteiger partial charge in [-0.05, 0) is 18.1 Å². The number of alkyl halides is 1. The number of aryl methyl sites for hydroxylation is 1. The average molecular weight is 198 g/mol. The predicted molar refractivity (Wildman–Crippen MR) is 48.7 cm³/mol. The number of carboxylic acid groups (broad SMARTS) is 1. The number of aliphatic hydroxyl groups excluding tert-OH is 1. The standard InChI is InChI=1S/C10H11FO3/c1-6-4-2-3-5-7(6)9(12)8(11)10(13)14/h2-5,8-9,12H,1H3,(H,13,14). The van der Waals surface area contributed by atoms with Gasteiger partial charge in [0, 0.05) is 0 Å². The van der Waals surface area contributed by atoms with E-state index in [2.05, 4.69) is 0 Å². The van der Waals surface area contributed by atoms with Gasteiger partial charge in [0.2, 0.25) is 6.17 Å². The fourth-order valence-corrected chi connectivity index (χ4v) is 1.21. The molecule has 2 unspecified atom stereocenters. The Morgan fingerprint density at radius 3 is 2.50 bits per heavy atom. The van der Waals surface area contributed by atoms with E-state index in [0.29, 0.717) is 11.1 Å². The first-order chi connectivity index (χ1) is 6.54. The zero-order chi connectivity index (χ0) is 10.7. The van der Waals surface area contributed by atoms with Crippen molar-refractivity contribution in [1.82, 2.24) is 0 Å². The fraction of sp³-hybridized carbons (Fsp3) is 0.300. The maximum Gasteiger partial charge on any atom is 0.341 e. The van der Waals surface area contributed by atoms with Gasteiger partial charge in [0.05, 0.1) is 0 Å². The highest BCUT2D eigenvalue weighted by Gasteiger charge is 2.27. The first-order valence-electron chi connectivity index (χ1n) is 4.14. The molecule has 0 bridgehead atoms. The normalized spacial score (nSPS) is 14.8. The van der Waals surface area contributed by atoms with Gasteiger partial charge in [0.1, 0.15) is 6.10 Å². The van der Waals surface area contributed by atoms with Crippen molar-refractivity contribution < 1.29 is 19.4 Å². The molecule has 1 aromatic carbocycles. The Hall–Kier alpha value is -1.42. The van der Waals surface area contributed by atoms with Gasteiger partial charge < -0.3 is 10.2 Å². The summed E-state index contributed by atoms with van der Waals surface area (Å²) in [5.41, 5.74) is 0.978. The molecule has 0 radical (unpaired) electrons. The summed E-state index contributed by atoms with van der Waals surface area (Å²) in [5, 5.41) is 17.8. The Morgan fingerprint density at radius 1 is 1.43 bits per heavy atom. The van der Waals surface area contributed by atoms with Gasteiger partial charge in [-0.15, -0.1) is 0 Å². The monoisotopic (exact) mass is 198 g/mol. The molecule has 1 aromatic rings. The zero-order valence-corrected chi connectivity index (χ0v) is 7.64. The lowest BCUT2D eigenvalue weighted by Gasteiger charge is -2.14. The van der Waals surface area contributed by atoms with Gasteiger partial charge in [-0.3, -0.25) is 0 Å². The Bertz CT molecular complexity index is 338. The fourth-order valence-electron chi connectivity index (χ4n) is 1.21. The van der Waals surface area contributed by atoms with Crippen LogP contribution in [0.25, 0.3) is 0 Å². The lowest BCUT2D eigenvalue weighted by molar-refractivity contribution is -0.147. The predicted octanol–water partition coefficient (Wildman–Crippen LogP) is 1.45. The van der Waals surface area contributed by atoms with E-state index in [1.54, 1.807) is 25.1 Å². The molecule has 0 heterocycles. The number of aliphatic carboxylic acids is 1. The number of halogens is 1. The molecule has 3 nitrogen and oxygen atoms in total. The van der Waals surface area contributed by atoms with Crippen LogP contribution in [-0.4, -0.2) is 22.4 Å². The van der Waals surface area contributed by atoms with Crippen molar-refractivity contribution in [2.24, 2.45) is 0 Å². The minimum Gasteiger partial charge on any atom is -0.479 e. The molecule has 1 rings (SSSR count). The van der Waals surface area contributed by atoms with E-state index in [1.807, 2.05) is 0 Å². The molecule has 2 atom stereocenters. The first kappa shape index (κ1) is 10.7. The number of benzene rings is 1. The number of carbonyl (C=O) groups is 1. The highest BCUT2D eigenvalue weighted by molar-refractivity contribution is 5.73. The van der Waals surface area contributed by atoms with Crippen LogP contribution in [-0.2, 0) is 4.79 Å². The summed E-state index contributed by atoms with van der Waals surface area (Å²) in [5.74, 6) is -1.65. The molecule has 14 heavy (non-hydrogen) atoms. The van der Waals surface area contributed by atoms with Crippen molar-refractivity contribution in [3.05, 3.63) is 35.4 Å². The molecule has 0 aliphatic heterocycles. The van der Waals surface area contributed by atoms with E-state index in [-0.39, 0.29) is 0 Å². The second-order valence-electron chi connectivity index (χ2n) is 3.04. The quantitative estimate of drug-likeness (QED) is 0.772. The van der Waals surface area contributed by atoms with Crippen LogP contribution in [0, 0.1) is 6.92 Å². The van der Waals surface area contributed by atoms with Crippen LogP contribution in [0.2, 0.25) is 0 Å². The van der Waals surface area contributed by atoms with Gasteiger partial charge in [0.15, 0.2) is 0 Å². The molecule has 0 aliphatic carbocycles. The van der Waals surface area contributed by atoms with Crippen LogP contribution in [0.4, 0.5) is 4.39 Å². The van der Waals surface area contributed by atoms with Crippen LogP contribution in [0.5, 0.6) is 0 Å². The van der Waals surface area contributed by atoms with Crippen molar-refractivity contribution in [1.29, 1.82) is 0 Å². The molecular formula is C10H11FO3. The second kappa shape index (κ2) is 4.19. The van der Waals surface area contributed by atoms with E-state index >= 15 is 0 Å². The molecule has 0 aromatic heterocycles. The number of carboxylic acids is 1. The third kappa shape index (κ3) is 2.09. The third-order valence-electron chi connectivity index (χ3n) is 2.02. The summed E-state index contributed by atoms with van der Waals surface area (Å²) in [6.45, 7) is 1.69. The number of aliphatic hydroxyl groups is 1. The molecule has 76 valence electrons. The molecule has 4 heteroatoms. The van der Waals surface area contributed by atoms with Crippen molar-refractivity contribution in [3.63, 3.8) is 0 Å². The van der Waals surface area contributed by atoms with Gasteiger partial charge in [0.25, 0.3) is 0 Å². The molecule has 0 amide bonds. The zero-order valence-electron chi connectivity index (χ0n) is 7.64. The van der Waals surface area contributed by atoms with E-state index in [9.17, 15) is 14.3 Å². The second-order valence-corrected chi connectivity index (χ2v) is 3.04. The van der Waals surface area contributed by atoms with Crippen molar-refractivity contribution in [3.8, 4) is 0 Å². The summed E-state index contributed by atoms with van der Waals surface area (Å²) in [6, 6.07) is 6.56. The van der Waals surface area contributed by atoms with Crippen LogP contribution < -0.4 is 0 Å². The van der Waals surface area contributed by atoms with Crippen molar-refractivity contribution >= 4 is 5.97 Å². The third-order valence-corrected chi connectivity index (χ3v) is 2.02. The molecular weight excluding hydrogens is 187 g/mol. The van der Waals surface area contributed by atoms with Crippen LogP contribution in [0.3, 0.4) is 0 Å². The first-order valence-corrected chi connectivity index (χ1v) is 4.14. The molecule has 0 aliphatic rings. The van der Waals surface area contributed by atoms with E-state index in [4.69, 9.17) is 5.11 Å². The topological polar surface area (TPSA) is 57.5 Å². The summed E-state index contributed by atoms with van der Waals surface area (Å²) in [6.07, 6.45) is -3.88. The summed E-state index contributed by atoms with van der Waals surface area (Å²) >= 11 is 0. The van der Waals surface area contributed by atoms with E-state index in [1.165, 1.54) is 6.07 Å².